The molecule has 0 unspecified atom stereocenters. The van der Waals surface area contributed by atoms with Gasteiger partial charge in [-0.2, -0.15) is 13.2 Å². The van der Waals surface area contributed by atoms with E-state index in [2.05, 4.69) is 10.3 Å². The molecule has 0 aliphatic rings. The number of nitrogens with zero attached hydrogens (tertiary/aromatic N) is 1. The Hall–Kier alpha value is -1.97. The number of carbonyl (C=O) groups is 1. The Morgan fingerprint density at radius 3 is 2.48 bits per heavy atom. The summed E-state index contributed by atoms with van der Waals surface area (Å²) in [4.78, 5) is 18.6. The third kappa shape index (κ3) is 6.52. The number of aromatic nitrogens is 1. The van der Waals surface area contributed by atoms with Gasteiger partial charge in [0.1, 0.15) is 5.03 Å². The maximum absolute atomic E-state index is 12.6. The molecule has 0 bridgehead atoms. The molecule has 0 saturated carbocycles. The first-order chi connectivity index (χ1) is 13.9. The first-order valence-corrected chi connectivity index (χ1v) is 11.5. The summed E-state index contributed by atoms with van der Waals surface area (Å²) in [5.41, 5.74) is -0.128. The van der Waals surface area contributed by atoms with Crippen LogP contribution in [0.1, 0.15) is 20.8 Å². The summed E-state index contributed by atoms with van der Waals surface area (Å²) in [6.45, 7) is 0.472. The van der Waals surface area contributed by atoms with Gasteiger partial charge in [-0.1, -0.05) is 6.07 Å². The highest BCUT2D eigenvalue weighted by Crippen LogP contribution is 2.31. The number of rotatable bonds is 8. The first-order valence-electron chi connectivity index (χ1n) is 8.62. The van der Waals surface area contributed by atoms with Crippen molar-refractivity contribution in [2.75, 3.05) is 11.5 Å². The van der Waals surface area contributed by atoms with Crippen LogP contribution in [-0.4, -0.2) is 22.4 Å². The number of nitrogens with one attached hydrogen (secondary N) is 1. The minimum Gasteiger partial charge on any atom is -0.347 e. The highest BCUT2D eigenvalue weighted by Gasteiger charge is 2.29. The number of hydrogen-bond donors (Lipinski definition) is 1. The molecular weight excluding hydrogens is 437 g/mol. The minimum atomic E-state index is -4.32. The summed E-state index contributed by atoms with van der Waals surface area (Å²) in [5, 5.41) is 5.50. The average Bonchev–Trinajstić information content (AvgIpc) is 3.23. The lowest BCUT2D eigenvalue weighted by atomic mass is 10.2. The van der Waals surface area contributed by atoms with Gasteiger partial charge in [-0.05, 0) is 47.8 Å². The van der Waals surface area contributed by atoms with Crippen molar-refractivity contribution in [1.82, 2.24) is 10.3 Å². The van der Waals surface area contributed by atoms with Crippen molar-refractivity contribution in [3.8, 4) is 0 Å². The molecule has 152 valence electrons. The Morgan fingerprint density at radius 2 is 1.79 bits per heavy atom. The Bertz CT molecular complexity index is 929. The van der Waals surface area contributed by atoms with Gasteiger partial charge in [0.2, 0.25) is 0 Å². The van der Waals surface area contributed by atoms with E-state index in [1.165, 1.54) is 35.7 Å². The molecule has 3 aromatic rings. The van der Waals surface area contributed by atoms with Crippen LogP contribution in [-0.2, 0) is 12.7 Å². The summed E-state index contributed by atoms with van der Waals surface area (Å²) >= 11 is 4.50. The number of alkyl halides is 3. The molecular formula is C20H17F3N2OS3. The van der Waals surface area contributed by atoms with Crippen LogP contribution in [0.2, 0.25) is 0 Å². The maximum Gasteiger partial charge on any atom is 0.416 e. The minimum absolute atomic E-state index is 0.176. The molecule has 1 aromatic carbocycles. The standard InChI is InChI=1S/C20H17F3N2OS3/c21-20(22,23)14-5-7-15(8-6-14)28-11-12-29-19-17(4-1-9-24-19)18(26)25-13-16-3-2-10-27-16/h1-10H,11-13H2,(H,25,26). The second-order valence-electron chi connectivity index (χ2n) is 5.84. The first kappa shape index (κ1) is 21.7. The Morgan fingerprint density at radius 1 is 1.03 bits per heavy atom. The molecule has 0 atom stereocenters. The third-order valence-electron chi connectivity index (χ3n) is 3.79. The van der Waals surface area contributed by atoms with Crippen molar-refractivity contribution < 1.29 is 18.0 Å². The highest BCUT2D eigenvalue weighted by atomic mass is 32.2. The fourth-order valence-corrected chi connectivity index (χ4v) is 4.91. The van der Waals surface area contributed by atoms with Gasteiger partial charge in [-0.15, -0.1) is 34.9 Å². The van der Waals surface area contributed by atoms with Crippen LogP contribution in [0.5, 0.6) is 0 Å². The molecule has 0 aliphatic carbocycles. The lowest BCUT2D eigenvalue weighted by Crippen LogP contribution is -2.23. The second kappa shape index (κ2) is 10.2. The van der Waals surface area contributed by atoms with Crippen LogP contribution in [0.3, 0.4) is 0 Å². The number of benzene rings is 1. The van der Waals surface area contributed by atoms with E-state index in [1.54, 1.807) is 29.7 Å². The van der Waals surface area contributed by atoms with E-state index < -0.39 is 11.7 Å². The van der Waals surface area contributed by atoms with E-state index in [1.807, 2.05) is 17.5 Å². The Kier molecular flexibility index (Phi) is 7.63. The van der Waals surface area contributed by atoms with Crippen LogP contribution in [0.15, 0.2) is 70.0 Å². The number of thioether (sulfide) groups is 2. The van der Waals surface area contributed by atoms with Crippen LogP contribution < -0.4 is 5.32 Å². The van der Waals surface area contributed by atoms with E-state index in [9.17, 15) is 18.0 Å². The molecule has 0 aliphatic heterocycles. The molecule has 0 fully saturated rings. The smallest absolute Gasteiger partial charge is 0.347 e. The van der Waals surface area contributed by atoms with Crippen LogP contribution in [0.25, 0.3) is 0 Å². The van der Waals surface area contributed by atoms with Crippen molar-refractivity contribution >= 4 is 40.8 Å². The number of pyridine rings is 1. The molecule has 3 nitrogen and oxygen atoms in total. The third-order valence-corrected chi connectivity index (χ3v) is 6.95. The normalized spacial score (nSPS) is 11.4. The van der Waals surface area contributed by atoms with Crippen molar-refractivity contribution in [2.24, 2.45) is 0 Å². The zero-order valence-corrected chi connectivity index (χ0v) is 17.6. The van der Waals surface area contributed by atoms with E-state index in [0.717, 1.165) is 21.9 Å². The molecule has 3 rings (SSSR count). The van der Waals surface area contributed by atoms with Gasteiger partial charge in [-0.25, -0.2) is 4.98 Å². The zero-order chi connectivity index (χ0) is 20.7. The van der Waals surface area contributed by atoms with Crippen molar-refractivity contribution in [3.05, 3.63) is 76.1 Å². The van der Waals surface area contributed by atoms with Crippen molar-refractivity contribution in [1.29, 1.82) is 0 Å². The van der Waals surface area contributed by atoms with E-state index >= 15 is 0 Å². The largest absolute Gasteiger partial charge is 0.416 e. The Balaban J connectivity index is 1.50. The fourth-order valence-electron chi connectivity index (χ4n) is 2.39. The van der Waals surface area contributed by atoms with Crippen LogP contribution in [0.4, 0.5) is 13.2 Å². The monoisotopic (exact) mass is 454 g/mol. The van der Waals surface area contributed by atoms with Gasteiger partial charge in [0.05, 0.1) is 17.7 Å². The average molecular weight is 455 g/mol. The number of halogens is 3. The molecule has 0 saturated heterocycles. The summed E-state index contributed by atoms with van der Waals surface area (Å²) < 4.78 is 37.8. The second-order valence-corrected chi connectivity index (χ2v) is 9.12. The van der Waals surface area contributed by atoms with Crippen molar-refractivity contribution in [3.63, 3.8) is 0 Å². The maximum atomic E-state index is 12.6. The van der Waals surface area contributed by atoms with E-state index in [4.69, 9.17) is 0 Å². The number of hydrogen-bond acceptors (Lipinski definition) is 5. The molecule has 2 aromatic heterocycles. The summed E-state index contributed by atoms with van der Waals surface area (Å²) in [6, 6.07) is 12.5. The molecule has 29 heavy (non-hydrogen) atoms. The Labute approximate surface area is 179 Å². The predicted octanol–water partition coefficient (Wildman–Crippen LogP) is 5.98. The van der Waals surface area contributed by atoms with E-state index in [0.29, 0.717) is 28.6 Å². The lowest BCUT2D eigenvalue weighted by molar-refractivity contribution is -0.137. The molecule has 1 amide bonds. The quantitative estimate of drug-likeness (QED) is 0.336. The molecule has 0 spiro atoms. The van der Waals surface area contributed by atoms with Crippen molar-refractivity contribution in [2.45, 2.75) is 22.6 Å². The van der Waals surface area contributed by atoms with Gasteiger partial charge in [0, 0.05) is 27.5 Å². The summed E-state index contributed by atoms with van der Waals surface area (Å²) in [5.74, 6) is 1.18. The molecule has 2 heterocycles. The van der Waals surface area contributed by atoms with E-state index in [-0.39, 0.29) is 5.91 Å². The highest BCUT2D eigenvalue weighted by molar-refractivity contribution is 8.03. The lowest BCUT2D eigenvalue weighted by Gasteiger charge is -2.09. The predicted molar refractivity (Wildman–Crippen MR) is 113 cm³/mol. The van der Waals surface area contributed by atoms with Crippen LogP contribution in [0, 0.1) is 0 Å². The number of carbonyl (C=O) groups excluding carboxylic acids is 1. The molecule has 1 N–H and O–H groups in total. The fraction of sp³-hybridized carbons (Fsp3) is 0.200. The summed E-state index contributed by atoms with van der Waals surface area (Å²) in [7, 11) is 0. The van der Waals surface area contributed by atoms with Gasteiger partial charge in [0.25, 0.3) is 5.91 Å². The summed E-state index contributed by atoms with van der Waals surface area (Å²) in [6.07, 6.45) is -2.68. The zero-order valence-electron chi connectivity index (χ0n) is 15.1. The van der Waals surface area contributed by atoms with Gasteiger partial charge >= 0.3 is 6.18 Å². The number of amides is 1. The van der Waals surface area contributed by atoms with Gasteiger partial charge in [0.15, 0.2) is 0 Å². The SMILES string of the molecule is O=C(NCc1cccs1)c1cccnc1SCCSc1ccc(C(F)(F)F)cc1. The number of thiophene rings is 1. The van der Waals surface area contributed by atoms with Crippen LogP contribution >= 0.6 is 34.9 Å². The topological polar surface area (TPSA) is 42.0 Å². The van der Waals surface area contributed by atoms with Gasteiger partial charge in [-0.3, -0.25) is 4.79 Å². The van der Waals surface area contributed by atoms with Gasteiger partial charge < -0.3 is 5.32 Å². The molecule has 0 radical (unpaired) electrons. The molecule has 9 heteroatoms.